The van der Waals surface area contributed by atoms with Crippen molar-refractivity contribution in [1.82, 2.24) is 14.5 Å². The number of pyridine rings is 1. The maximum Gasteiger partial charge on any atom is 0.433 e. The topological polar surface area (TPSA) is 69.5 Å². The fourth-order valence-electron chi connectivity index (χ4n) is 3.84. The maximum atomic E-state index is 14.5. The van der Waals surface area contributed by atoms with E-state index in [4.69, 9.17) is 9.47 Å². The van der Waals surface area contributed by atoms with Crippen molar-refractivity contribution in [2.24, 2.45) is 0 Å². The average Bonchev–Trinajstić information content (AvgIpc) is 3.37. The molecule has 176 valence electrons. The van der Waals surface area contributed by atoms with Gasteiger partial charge < -0.3 is 14.4 Å². The first-order valence-corrected chi connectivity index (χ1v) is 10.1. The third-order valence-corrected chi connectivity index (χ3v) is 5.38. The number of anilines is 1. The zero-order chi connectivity index (χ0) is 24.0. The van der Waals surface area contributed by atoms with Crippen molar-refractivity contribution in [2.45, 2.75) is 25.4 Å². The zero-order valence-corrected chi connectivity index (χ0v) is 17.2. The van der Waals surface area contributed by atoms with E-state index in [2.05, 4.69) is 9.97 Å². The fourth-order valence-corrected chi connectivity index (χ4v) is 3.84. The van der Waals surface area contributed by atoms with Gasteiger partial charge in [-0.2, -0.15) is 18.2 Å². The van der Waals surface area contributed by atoms with Crippen LogP contribution < -0.4 is 20.1 Å². The standard InChI is InChI=1S/C22H15F5N4O3/c23-15-6-12(7-16(24)20(15)34-14-3-4-28-17(8-14)22(25,26)27)11-33-18-9-19-30-5-1-2-13(30)10-31(19)21(32)29-18/h1-4,6-9,13H,5,10-11H2. The van der Waals surface area contributed by atoms with Crippen LogP contribution in [0.5, 0.6) is 17.4 Å². The Morgan fingerprint density at radius 3 is 2.62 bits per heavy atom. The van der Waals surface area contributed by atoms with Crippen LogP contribution in [0.2, 0.25) is 0 Å². The number of aromatic nitrogens is 3. The van der Waals surface area contributed by atoms with Crippen molar-refractivity contribution in [3.8, 4) is 17.4 Å². The number of benzene rings is 1. The molecule has 1 aromatic carbocycles. The molecule has 2 aliphatic rings. The lowest BCUT2D eigenvalue weighted by molar-refractivity contribution is -0.141. The number of halogens is 5. The van der Waals surface area contributed by atoms with Gasteiger partial charge in [-0.1, -0.05) is 12.2 Å². The Bertz CT molecular complexity index is 1330. The molecule has 12 heteroatoms. The lowest BCUT2D eigenvalue weighted by Gasteiger charge is -2.17. The Labute approximate surface area is 188 Å². The Morgan fingerprint density at radius 1 is 1.12 bits per heavy atom. The molecular weight excluding hydrogens is 463 g/mol. The number of nitrogens with zero attached hydrogens (tertiary/aromatic N) is 4. The van der Waals surface area contributed by atoms with Crippen LogP contribution in [-0.4, -0.2) is 27.1 Å². The summed E-state index contributed by atoms with van der Waals surface area (Å²) in [5, 5.41) is 0. The van der Waals surface area contributed by atoms with Crippen LogP contribution in [0.3, 0.4) is 0 Å². The van der Waals surface area contributed by atoms with Gasteiger partial charge in [0.05, 0.1) is 12.6 Å². The summed E-state index contributed by atoms with van der Waals surface area (Å²) in [6.45, 7) is 0.824. The number of alkyl halides is 3. The largest absolute Gasteiger partial charge is 0.473 e. The summed E-state index contributed by atoms with van der Waals surface area (Å²) >= 11 is 0. The second-order valence-corrected chi connectivity index (χ2v) is 7.65. The zero-order valence-electron chi connectivity index (χ0n) is 17.2. The Kier molecular flexibility index (Phi) is 5.22. The van der Waals surface area contributed by atoms with Crippen molar-refractivity contribution in [3.05, 3.63) is 82.1 Å². The first-order valence-electron chi connectivity index (χ1n) is 10.1. The van der Waals surface area contributed by atoms with Crippen LogP contribution in [0.25, 0.3) is 0 Å². The van der Waals surface area contributed by atoms with Gasteiger partial charge in [0, 0.05) is 24.9 Å². The molecule has 1 atom stereocenters. The monoisotopic (exact) mass is 478 g/mol. The highest BCUT2D eigenvalue weighted by atomic mass is 19.4. The predicted octanol–water partition coefficient (Wildman–Crippen LogP) is 4.07. The van der Waals surface area contributed by atoms with Gasteiger partial charge in [0.15, 0.2) is 17.4 Å². The van der Waals surface area contributed by atoms with E-state index < -0.39 is 40.7 Å². The second kappa shape index (κ2) is 8.12. The van der Waals surface area contributed by atoms with Gasteiger partial charge in [0.25, 0.3) is 0 Å². The predicted molar refractivity (Wildman–Crippen MR) is 109 cm³/mol. The third-order valence-electron chi connectivity index (χ3n) is 5.38. The summed E-state index contributed by atoms with van der Waals surface area (Å²) in [6.07, 6.45) is 0.0728. The molecule has 2 aliphatic heterocycles. The van der Waals surface area contributed by atoms with E-state index >= 15 is 0 Å². The summed E-state index contributed by atoms with van der Waals surface area (Å²) in [5.41, 5.74) is -1.69. The minimum atomic E-state index is -4.74. The molecule has 0 bridgehead atoms. The van der Waals surface area contributed by atoms with Gasteiger partial charge >= 0.3 is 11.9 Å². The van der Waals surface area contributed by atoms with E-state index in [0.29, 0.717) is 25.0 Å². The SMILES string of the molecule is O=c1nc(OCc2cc(F)c(Oc3ccnc(C(F)(F)F)c3)c(F)c2)cc2n1CC1C=CCN21. The number of hydrogen-bond donors (Lipinski definition) is 0. The van der Waals surface area contributed by atoms with Crippen LogP contribution in [0.4, 0.5) is 27.8 Å². The molecule has 0 saturated carbocycles. The fraction of sp³-hybridized carbons (Fsp3) is 0.227. The first kappa shape index (κ1) is 21.9. The van der Waals surface area contributed by atoms with E-state index in [0.717, 1.165) is 24.4 Å². The van der Waals surface area contributed by atoms with Gasteiger partial charge in [-0.3, -0.25) is 9.55 Å². The molecule has 1 unspecified atom stereocenters. The van der Waals surface area contributed by atoms with Crippen molar-refractivity contribution in [1.29, 1.82) is 0 Å². The average molecular weight is 478 g/mol. The van der Waals surface area contributed by atoms with Crippen LogP contribution in [0.1, 0.15) is 11.3 Å². The van der Waals surface area contributed by atoms with Gasteiger partial charge in [0.1, 0.15) is 23.9 Å². The van der Waals surface area contributed by atoms with Crippen LogP contribution in [0, 0.1) is 11.6 Å². The highest BCUT2D eigenvalue weighted by molar-refractivity contribution is 5.51. The maximum absolute atomic E-state index is 14.5. The second-order valence-electron chi connectivity index (χ2n) is 7.65. The first-order chi connectivity index (χ1) is 16.2. The van der Waals surface area contributed by atoms with E-state index in [-0.39, 0.29) is 24.1 Å². The molecular formula is C22H15F5N4O3. The molecule has 4 heterocycles. The third kappa shape index (κ3) is 4.06. The van der Waals surface area contributed by atoms with Crippen LogP contribution in [-0.2, 0) is 19.3 Å². The molecule has 34 heavy (non-hydrogen) atoms. The summed E-state index contributed by atoms with van der Waals surface area (Å²) in [4.78, 5) is 21.3. The Hall–Kier alpha value is -3.96. The number of rotatable bonds is 5. The van der Waals surface area contributed by atoms with Gasteiger partial charge in [-0.05, 0) is 23.8 Å². The molecule has 0 radical (unpaired) electrons. The summed E-state index contributed by atoms with van der Waals surface area (Å²) in [7, 11) is 0. The van der Waals surface area contributed by atoms with E-state index in [9.17, 15) is 26.7 Å². The molecule has 0 aliphatic carbocycles. The minimum Gasteiger partial charge on any atom is -0.473 e. The van der Waals surface area contributed by atoms with E-state index in [1.54, 1.807) is 6.07 Å². The molecule has 3 aromatic rings. The lowest BCUT2D eigenvalue weighted by Crippen LogP contribution is -2.25. The quantitative estimate of drug-likeness (QED) is 0.407. The van der Waals surface area contributed by atoms with Crippen LogP contribution >= 0.6 is 0 Å². The summed E-state index contributed by atoms with van der Waals surface area (Å²) in [6, 6.07) is 5.08. The van der Waals surface area contributed by atoms with Crippen molar-refractivity contribution in [3.63, 3.8) is 0 Å². The molecule has 7 nitrogen and oxygen atoms in total. The molecule has 2 aromatic heterocycles. The van der Waals surface area contributed by atoms with Crippen molar-refractivity contribution in [2.75, 3.05) is 11.4 Å². The van der Waals surface area contributed by atoms with E-state index in [1.807, 2.05) is 17.1 Å². The summed E-state index contributed by atoms with van der Waals surface area (Å²) in [5.74, 6) is -2.94. The molecule has 0 amide bonds. The number of ether oxygens (including phenoxy) is 2. The lowest BCUT2D eigenvalue weighted by atomic mass is 10.2. The molecule has 0 fully saturated rings. The van der Waals surface area contributed by atoms with Gasteiger partial charge in [-0.15, -0.1) is 0 Å². The van der Waals surface area contributed by atoms with Crippen molar-refractivity contribution < 1.29 is 31.4 Å². The van der Waals surface area contributed by atoms with Gasteiger partial charge in [-0.25, -0.2) is 13.6 Å². The smallest absolute Gasteiger partial charge is 0.433 e. The minimum absolute atomic E-state index is 0.00130. The molecule has 0 spiro atoms. The van der Waals surface area contributed by atoms with E-state index in [1.165, 1.54) is 4.57 Å². The molecule has 0 N–H and O–H groups in total. The summed E-state index contributed by atoms with van der Waals surface area (Å²) < 4.78 is 79.4. The highest BCUT2D eigenvalue weighted by Gasteiger charge is 2.33. The van der Waals surface area contributed by atoms with Crippen molar-refractivity contribution >= 4 is 5.82 Å². The number of hydrogen-bond acceptors (Lipinski definition) is 6. The molecule has 5 rings (SSSR count). The normalized spacial score (nSPS) is 16.5. The van der Waals surface area contributed by atoms with Gasteiger partial charge in [0.2, 0.25) is 5.88 Å². The van der Waals surface area contributed by atoms with Crippen LogP contribution in [0.15, 0.2) is 53.5 Å². The molecule has 0 saturated heterocycles. The Balaban J connectivity index is 1.32. The Morgan fingerprint density at radius 2 is 1.88 bits per heavy atom. The number of fused-ring (bicyclic) bond motifs is 3. The highest BCUT2D eigenvalue weighted by Crippen LogP contribution is 2.34.